The lowest BCUT2D eigenvalue weighted by molar-refractivity contribution is -0.384. The summed E-state index contributed by atoms with van der Waals surface area (Å²) >= 11 is 0. The quantitative estimate of drug-likeness (QED) is 0.257. The average molecular weight is 365 g/mol. The van der Waals surface area contributed by atoms with Crippen molar-refractivity contribution in [1.82, 2.24) is 0 Å². The van der Waals surface area contributed by atoms with Crippen molar-refractivity contribution in [2.45, 2.75) is 25.7 Å². The summed E-state index contributed by atoms with van der Waals surface area (Å²) in [6, 6.07) is 10.8. The Morgan fingerprint density at radius 2 is 1.93 bits per heavy atom. The number of nitrogens with zero attached hydrogens (tertiary/aromatic N) is 3. The molecule has 1 aromatic heterocycles. The van der Waals surface area contributed by atoms with E-state index in [9.17, 15) is 20.2 Å². The first-order valence-electron chi connectivity index (χ1n) is 8.84. The van der Waals surface area contributed by atoms with Gasteiger partial charge in [0.05, 0.1) is 4.92 Å². The molecule has 1 aromatic carbocycles. The minimum absolute atomic E-state index is 0.0938. The first kappa shape index (κ1) is 18.4. The van der Waals surface area contributed by atoms with Crippen molar-refractivity contribution < 1.29 is 14.1 Å². The number of nitro groups is 1. The van der Waals surface area contributed by atoms with E-state index in [-0.39, 0.29) is 16.8 Å². The van der Waals surface area contributed by atoms with Crippen LogP contribution < -0.4 is 4.90 Å². The normalized spacial score (nSPS) is 15.1. The largest absolute Gasteiger partial charge is 0.441 e. The molecule has 0 saturated carbocycles. The maximum Gasteiger partial charge on any atom is 0.270 e. The van der Waals surface area contributed by atoms with Crippen LogP contribution in [0.5, 0.6) is 0 Å². The van der Waals surface area contributed by atoms with Gasteiger partial charge in [-0.05, 0) is 18.9 Å². The van der Waals surface area contributed by atoms with Crippen LogP contribution in [0.1, 0.15) is 41.8 Å². The summed E-state index contributed by atoms with van der Waals surface area (Å²) < 4.78 is 5.80. The molecule has 2 heterocycles. The maximum atomic E-state index is 12.5. The average Bonchev–Trinajstić information content (AvgIpc) is 2.98. The fourth-order valence-electron chi connectivity index (χ4n) is 3.09. The summed E-state index contributed by atoms with van der Waals surface area (Å²) in [7, 11) is 0. The number of Topliss-reactive ketones (excluding diaryl/α,β-unsaturated/α-hetero) is 1. The Hall–Kier alpha value is -3.40. The minimum atomic E-state index is -0.577. The number of ketones is 1. The second kappa shape index (κ2) is 8.32. The van der Waals surface area contributed by atoms with E-state index in [0.717, 1.165) is 37.9 Å². The number of benzene rings is 1. The van der Waals surface area contributed by atoms with Gasteiger partial charge in [0, 0.05) is 42.9 Å². The molecule has 27 heavy (non-hydrogen) atoms. The van der Waals surface area contributed by atoms with E-state index in [2.05, 4.69) is 4.90 Å². The van der Waals surface area contributed by atoms with Crippen molar-refractivity contribution >= 4 is 23.4 Å². The van der Waals surface area contributed by atoms with Crippen LogP contribution in [0.4, 0.5) is 11.6 Å². The highest BCUT2D eigenvalue weighted by atomic mass is 16.6. The van der Waals surface area contributed by atoms with Crippen LogP contribution in [0, 0.1) is 21.4 Å². The van der Waals surface area contributed by atoms with Crippen molar-refractivity contribution in [3.63, 3.8) is 0 Å². The number of nitriles is 1. The third kappa shape index (κ3) is 4.42. The lowest BCUT2D eigenvalue weighted by Crippen LogP contribution is -2.23. The summed E-state index contributed by atoms with van der Waals surface area (Å²) in [6.45, 7) is 1.85. The molecular formula is C20H19N3O4. The smallest absolute Gasteiger partial charge is 0.270 e. The highest BCUT2D eigenvalue weighted by Gasteiger charge is 2.17. The lowest BCUT2D eigenvalue weighted by atomic mass is 10.0. The van der Waals surface area contributed by atoms with Gasteiger partial charge in [-0.25, -0.2) is 0 Å². The Balaban J connectivity index is 1.82. The predicted molar refractivity (Wildman–Crippen MR) is 100 cm³/mol. The van der Waals surface area contributed by atoms with E-state index >= 15 is 0 Å². The van der Waals surface area contributed by atoms with E-state index in [0.29, 0.717) is 5.76 Å². The Labute approximate surface area is 156 Å². The second-order valence-electron chi connectivity index (χ2n) is 6.38. The first-order valence-corrected chi connectivity index (χ1v) is 8.84. The van der Waals surface area contributed by atoms with Gasteiger partial charge >= 0.3 is 0 Å². The van der Waals surface area contributed by atoms with Crippen LogP contribution in [-0.4, -0.2) is 23.8 Å². The molecule has 3 rings (SSSR count). The Kier molecular flexibility index (Phi) is 5.67. The van der Waals surface area contributed by atoms with Crippen LogP contribution in [-0.2, 0) is 0 Å². The number of non-ortho nitro benzene ring substituents is 1. The third-order valence-electron chi connectivity index (χ3n) is 4.50. The predicted octanol–water partition coefficient (Wildman–Crippen LogP) is 4.36. The van der Waals surface area contributed by atoms with Crippen LogP contribution in [0.3, 0.4) is 0 Å². The second-order valence-corrected chi connectivity index (χ2v) is 6.38. The zero-order chi connectivity index (χ0) is 19.2. The monoisotopic (exact) mass is 365 g/mol. The van der Waals surface area contributed by atoms with E-state index in [1.54, 1.807) is 6.07 Å². The van der Waals surface area contributed by atoms with Crippen molar-refractivity contribution in [1.29, 1.82) is 5.26 Å². The van der Waals surface area contributed by atoms with Crippen LogP contribution >= 0.6 is 0 Å². The number of hydrogen-bond donors (Lipinski definition) is 0. The van der Waals surface area contributed by atoms with Gasteiger partial charge in [-0.3, -0.25) is 14.9 Å². The van der Waals surface area contributed by atoms with Gasteiger partial charge in [-0.2, -0.15) is 5.26 Å². The highest BCUT2D eigenvalue weighted by Crippen LogP contribution is 2.24. The number of furan rings is 1. The number of rotatable bonds is 5. The Morgan fingerprint density at radius 3 is 2.59 bits per heavy atom. The molecule has 0 N–H and O–H groups in total. The summed E-state index contributed by atoms with van der Waals surface area (Å²) in [5.74, 6) is 0.557. The molecule has 1 fully saturated rings. The number of carbonyl (C=O) groups excluding carboxylic acids is 1. The molecule has 0 bridgehead atoms. The maximum absolute atomic E-state index is 12.5. The fourth-order valence-corrected chi connectivity index (χ4v) is 3.09. The van der Waals surface area contributed by atoms with E-state index in [1.165, 1.54) is 37.1 Å². The number of allylic oxidation sites excluding steroid dienone is 1. The van der Waals surface area contributed by atoms with Crippen molar-refractivity contribution in [2.75, 3.05) is 18.0 Å². The third-order valence-corrected chi connectivity index (χ3v) is 4.50. The molecule has 0 unspecified atom stereocenters. The van der Waals surface area contributed by atoms with Crippen LogP contribution in [0.15, 0.2) is 46.4 Å². The minimum Gasteiger partial charge on any atom is -0.441 e. The standard InChI is InChI=1S/C20H19N3O4/c21-14-16(20(24)15-6-5-7-17(12-15)23(25)26)13-18-8-9-19(27-18)22-10-3-1-2-4-11-22/h5-9,12-13H,1-4,10-11H2. The van der Waals surface area contributed by atoms with Gasteiger partial charge in [-0.15, -0.1) is 0 Å². The number of nitro benzene ring substituents is 1. The van der Waals surface area contributed by atoms with Gasteiger partial charge in [0.25, 0.3) is 5.69 Å². The molecule has 0 atom stereocenters. The van der Waals surface area contributed by atoms with E-state index in [1.807, 2.05) is 12.1 Å². The molecule has 0 radical (unpaired) electrons. The molecule has 1 saturated heterocycles. The van der Waals surface area contributed by atoms with Crippen molar-refractivity contribution in [3.05, 3.63) is 63.4 Å². The topological polar surface area (TPSA) is 100 Å². The van der Waals surface area contributed by atoms with Crippen LogP contribution in [0.2, 0.25) is 0 Å². The molecule has 0 spiro atoms. The number of anilines is 1. The van der Waals surface area contributed by atoms with Gasteiger partial charge in [0.15, 0.2) is 5.88 Å². The Bertz CT molecular complexity index is 915. The van der Waals surface area contributed by atoms with E-state index in [4.69, 9.17) is 4.42 Å². The molecule has 1 aliphatic rings. The van der Waals surface area contributed by atoms with Gasteiger partial charge < -0.3 is 9.32 Å². The molecule has 1 aliphatic heterocycles. The molecule has 138 valence electrons. The van der Waals surface area contributed by atoms with E-state index < -0.39 is 10.7 Å². The number of carbonyl (C=O) groups is 1. The van der Waals surface area contributed by atoms with Crippen molar-refractivity contribution in [2.24, 2.45) is 0 Å². The van der Waals surface area contributed by atoms with Gasteiger partial charge in [-0.1, -0.05) is 25.0 Å². The molecule has 7 nitrogen and oxygen atoms in total. The summed E-state index contributed by atoms with van der Waals surface area (Å²) in [5, 5.41) is 20.2. The lowest BCUT2D eigenvalue weighted by Gasteiger charge is -2.18. The first-order chi connectivity index (χ1) is 13.1. The molecular weight excluding hydrogens is 346 g/mol. The van der Waals surface area contributed by atoms with Gasteiger partial charge in [0.2, 0.25) is 5.78 Å². The summed E-state index contributed by atoms with van der Waals surface area (Å²) in [4.78, 5) is 25.0. The summed E-state index contributed by atoms with van der Waals surface area (Å²) in [5.41, 5.74) is -0.233. The SMILES string of the molecule is N#CC(=Cc1ccc(N2CCCCCC2)o1)C(=O)c1cccc([N+](=O)[O-])c1. The zero-order valence-electron chi connectivity index (χ0n) is 14.8. The highest BCUT2D eigenvalue weighted by molar-refractivity contribution is 6.14. The zero-order valence-corrected chi connectivity index (χ0v) is 14.8. The molecule has 2 aromatic rings. The molecule has 0 aliphatic carbocycles. The summed E-state index contributed by atoms with van der Waals surface area (Å²) in [6.07, 6.45) is 6.02. The number of hydrogen-bond acceptors (Lipinski definition) is 6. The van der Waals surface area contributed by atoms with Crippen molar-refractivity contribution in [3.8, 4) is 6.07 Å². The Morgan fingerprint density at radius 1 is 1.19 bits per heavy atom. The van der Waals surface area contributed by atoms with Crippen LogP contribution in [0.25, 0.3) is 6.08 Å². The molecule has 0 amide bonds. The molecule has 7 heteroatoms. The fraction of sp³-hybridized carbons (Fsp3) is 0.300. The van der Waals surface area contributed by atoms with Gasteiger partial charge in [0.1, 0.15) is 17.4 Å².